The van der Waals surface area contributed by atoms with E-state index in [1.807, 2.05) is 42.5 Å². The second kappa shape index (κ2) is 8.64. The average molecular weight is 429 g/mol. The molecule has 30 heavy (non-hydrogen) atoms. The first-order valence-electron chi connectivity index (χ1n) is 10.2. The van der Waals surface area contributed by atoms with Crippen LogP contribution in [0.25, 0.3) is 12.2 Å². The zero-order valence-electron chi connectivity index (χ0n) is 19.0. The van der Waals surface area contributed by atoms with Gasteiger partial charge in [0.15, 0.2) is 17.2 Å². The molecule has 0 fully saturated rings. The summed E-state index contributed by atoms with van der Waals surface area (Å²) in [6.45, 7) is 12.2. The fourth-order valence-electron chi connectivity index (χ4n) is 2.89. The van der Waals surface area contributed by atoms with Crippen molar-refractivity contribution in [3.05, 3.63) is 41.5 Å². The van der Waals surface area contributed by atoms with Gasteiger partial charge < -0.3 is 23.4 Å². The Labute approximate surface area is 180 Å². The maximum atomic E-state index is 6.52. The smallest absolute Gasteiger partial charge is 0.250 e. The summed E-state index contributed by atoms with van der Waals surface area (Å²) in [6, 6.07) is 9.91. The zero-order chi connectivity index (χ0) is 21.9. The molecule has 0 bridgehead atoms. The van der Waals surface area contributed by atoms with Crippen LogP contribution in [0.2, 0.25) is 18.1 Å². The predicted octanol–water partition coefficient (Wildman–Crippen LogP) is 6.03. The van der Waals surface area contributed by atoms with E-state index in [1.165, 1.54) is 0 Å². The van der Waals surface area contributed by atoms with Gasteiger partial charge in [-0.3, -0.25) is 0 Å². The van der Waals surface area contributed by atoms with Crippen LogP contribution in [0.1, 0.15) is 31.9 Å². The molecule has 0 aliphatic carbocycles. The molecule has 0 unspecified atom stereocenters. The standard InChI is InChI=1S/C24H32O5Si/c1-24(2,3)30(6,7)29-20-14-17(10-11-19(20)25-4)8-9-18-15-21(26-5)23-22(16-18)27-12-13-28-23/h8-11,14-16H,12-13H2,1-7H3/b9-8-. The molecule has 1 aliphatic heterocycles. The summed E-state index contributed by atoms with van der Waals surface area (Å²) in [5, 5.41) is 0.103. The first-order chi connectivity index (χ1) is 14.1. The van der Waals surface area contributed by atoms with Gasteiger partial charge in [0.05, 0.1) is 14.2 Å². The number of ether oxygens (including phenoxy) is 4. The third-order valence-corrected chi connectivity index (χ3v) is 10.0. The van der Waals surface area contributed by atoms with Crippen LogP contribution in [-0.2, 0) is 0 Å². The normalized spacial score (nSPS) is 14.0. The van der Waals surface area contributed by atoms with Crippen molar-refractivity contribution in [3.63, 3.8) is 0 Å². The van der Waals surface area contributed by atoms with Gasteiger partial charge >= 0.3 is 0 Å². The maximum absolute atomic E-state index is 6.52. The van der Waals surface area contributed by atoms with Crippen LogP contribution in [0, 0.1) is 0 Å². The van der Waals surface area contributed by atoms with E-state index in [-0.39, 0.29) is 5.04 Å². The molecule has 6 heteroatoms. The van der Waals surface area contributed by atoms with Crippen molar-refractivity contribution in [2.24, 2.45) is 0 Å². The van der Waals surface area contributed by atoms with Crippen LogP contribution in [-0.4, -0.2) is 35.8 Å². The molecule has 2 aromatic carbocycles. The van der Waals surface area contributed by atoms with Crippen molar-refractivity contribution in [3.8, 4) is 28.7 Å². The van der Waals surface area contributed by atoms with E-state index in [2.05, 4.69) is 33.9 Å². The van der Waals surface area contributed by atoms with Crippen molar-refractivity contribution in [1.29, 1.82) is 0 Å². The van der Waals surface area contributed by atoms with Crippen LogP contribution in [0.3, 0.4) is 0 Å². The lowest BCUT2D eigenvalue weighted by atomic mass is 10.1. The summed E-state index contributed by atoms with van der Waals surface area (Å²) in [5.74, 6) is 3.57. The Morgan fingerprint density at radius 3 is 2.13 bits per heavy atom. The quantitative estimate of drug-likeness (QED) is 0.415. The second-order valence-electron chi connectivity index (χ2n) is 8.85. The van der Waals surface area contributed by atoms with Gasteiger partial charge in [0.2, 0.25) is 5.75 Å². The van der Waals surface area contributed by atoms with Gasteiger partial charge in [-0.1, -0.05) is 39.0 Å². The van der Waals surface area contributed by atoms with E-state index in [0.717, 1.165) is 22.6 Å². The number of rotatable bonds is 6. The lowest BCUT2D eigenvalue weighted by Crippen LogP contribution is -2.43. The molecule has 0 atom stereocenters. The Balaban J connectivity index is 1.89. The van der Waals surface area contributed by atoms with Crippen molar-refractivity contribution in [2.75, 3.05) is 27.4 Å². The summed E-state index contributed by atoms with van der Waals surface area (Å²) >= 11 is 0. The fourth-order valence-corrected chi connectivity index (χ4v) is 3.90. The first kappa shape index (κ1) is 22.1. The molecule has 162 valence electrons. The summed E-state index contributed by atoms with van der Waals surface area (Å²) in [6.07, 6.45) is 4.07. The van der Waals surface area contributed by atoms with Crippen molar-refractivity contribution in [2.45, 2.75) is 38.9 Å². The predicted molar refractivity (Wildman–Crippen MR) is 124 cm³/mol. The molecular formula is C24H32O5Si. The van der Waals surface area contributed by atoms with Crippen LogP contribution in [0.15, 0.2) is 30.3 Å². The molecule has 0 saturated carbocycles. The molecule has 3 rings (SSSR count). The Morgan fingerprint density at radius 2 is 1.47 bits per heavy atom. The van der Waals surface area contributed by atoms with Gasteiger partial charge in [-0.25, -0.2) is 0 Å². The van der Waals surface area contributed by atoms with Gasteiger partial charge in [0, 0.05) is 0 Å². The zero-order valence-corrected chi connectivity index (χ0v) is 20.0. The SMILES string of the molecule is COc1ccc(/C=C\c2cc(OC)c3c(c2)OCCO3)cc1O[Si](C)(C)C(C)(C)C. The Kier molecular flexibility index (Phi) is 6.36. The molecule has 0 spiro atoms. The van der Waals surface area contributed by atoms with E-state index in [1.54, 1.807) is 14.2 Å². The topological polar surface area (TPSA) is 46.2 Å². The molecule has 1 heterocycles. The van der Waals surface area contributed by atoms with Gasteiger partial charge in [-0.2, -0.15) is 0 Å². The van der Waals surface area contributed by atoms with Crippen LogP contribution < -0.4 is 23.4 Å². The molecule has 0 radical (unpaired) electrons. The largest absolute Gasteiger partial charge is 0.541 e. The highest BCUT2D eigenvalue weighted by Crippen LogP contribution is 2.42. The number of hydrogen-bond donors (Lipinski definition) is 0. The third-order valence-electron chi connectivity index (χ3n) is 5.68. The average Bonchev–Trinajstić information content (AvgIpc) is 2.70. The minimum atomic E-state index is -1.98. The van der Waals surface area contributed by atoms with E-state index in [4.69, 9.17) is 23.4 Å². The van der Waals surface area contributed by atoms with Crippen molar-refractivity contribution < 1.29 is 23.4 Å². The molecule has 1 aliphatic rings. The minimum Gasteiger partial charge on any atom is -0.541 e. The fraction of sp³-hybridized carbons (Fsp3) is 0.417. The molecule has 5 nitrogen and oxygen atoms in total. The highest BCUT2D eigenvalue weighted by Gasteiger charge is 2.39. The Morgan fingerprint density at radius 1 is 0.833 bits per heavy atom. The molecule has 2 aromatic rings. The highest BCUT2D eigenvalue weighted by atomic mass is 28.4. The van der Waals surface area contributed by atoms with Gasteiger partial charge in [0.1, 0.15) is 19.0 Å². The van der Waals surface area contributed by atoms with Gasteiger partial charge in [0.25, 0.3) is 8.32 Å². The summed E-state index contributed by atoms with van der Waals surface area (Å²) in [4.78, 5) is 0. The monoisotopic (exact) mass is 428 g/mol. The number of hydrogen-bond acceptors (Lipinski definition) is 5. The first-order valence-corrected chi connectivity index (χ1v) is 13.1. The third kappa shape index (κ3) is 4.75. The summed E-state index contributed by atoms with van der Waals surface area (Å²) < 4.78 is 28.9. The number of methoxy groups -OCH3 is 2. The molecule has 0 aromatic heterocycles. The molecule has 0 amide bonds. The van der Waals surface area contributed by atoms with Crippen LogP contribution in [0.4, 0.5) is 0 Å². The molecule has 0 saturated heterocycles. The van der Waals surface area contributed by atoms with Crippen molar-refractivity contribution >= 4 is 20.5 Å². The molecule has 0 N–H and O–H groups in total. The maximum Gasteiger partial charge on any atom is 0.250 e. The Hall–Kier alpha value is -2.60. The lowest BCUT2D eigenvalue weighted by Gasteiger charge is -2.36. The van der Waals surface area contributed by atoms with Crippen LogP contribution in [0.5, 0.6) is 28.7 Å². The van der Waals surface area contributed by atoms with Crippen LogP contribution >= 0.6 is 0 Å². The number of fused-ring (bicyclic) bond motifs is 1. The molecular weight excluding hydrogens is 396 g/mol. The van der Waals surface area contributed by atoms with Gasteiger partial charge in [-0.05, 0) is 53.5 Å². The number of benzene rings is 2. The van der Waals surface area contributed by atoms with E-state index >= 15 is 0 Å². The highest BCUT2D eigenvalue weighted by molar-refractivity contribution is 6.74. The second-order valence-corrected chi connectivity index (χ2v) is 13.6. The Bertz CT molecular complexity index is 911. The van der Waals surface area contributed by atoms with E-state index in [0.29, 0.717) is 30.5 Å². The van der Waals surface area contributed by atoms with E-state index in [9.17, 15) is 0 Å². The minimum absolute atomic E-state index is 0.103. The van der Waals surface area contributed by atoms with Gasteiger partial charge in [-0.15, -0.1) is 0 Å². The van der Waals surface area contributed by atoms with E-state index < -0.39 is 8.32 Å². The van der Waals surface area contributed by atoms with Crippen molar-refractivity contribution in [1.82, 2.24) is 0 Å². The summed E-state index contributed by atoms with van der Waals surface area (Å²) in [5.41, 5.74) is 2.00. The lowest BCUT2D eigenvalue weighted by molar-refractivity contribution is 0.165. The summed E-state index contributed by atoms with van der Waals surface area (Å²) in [7, 11) is 1.32.